The summed E-state index contributed by atoms with van der Waals surface area (Å²) in [5.41, 5.74) is 1.01. The zero-order valence-corrected chi connectivity index (χ0v) is 13.5. The standard InChI is InChI=1S/C15H24N2O2S/c1-5-17(12(2)10-16(3)4)11-14-13(8-9-20-14)6-7-15(18)19/h6-9,12H,5,10-11H2,1-4H3,(H,18,19)/b7-6+. The highest BCUT2D eigenvalue weighted by Crippen LogP contribution is 2.21. The summed E-state index contributed by atoms with van der Waals surface area (Å²) in [4.78, 5) is 16.4. The fraction of sp³-hybridized carbons (Fsp3) is 0.533. The molecule has 0 aliphatic rings. The molecule has 0 saturated carbocycles. The molecule has 1 aromatic rings. The summed E-state index contributed by atoms with van der Waals surface area (Å²) in [7, 11) is 4.16. The highest BCUT2D eigenvalue weighted by Gasteiger charge is 2.15. The lowest BCUT2D eigenvalue weighted by molar-refractivity contribution is -0.131. The van der Waals surface area contributed by atoms with Gasteiger partial charge in [-0.05, 0) is 50.6 Å². The molecule has 1 aromatic heterocycles. The fourth-order valence-corrected chi connectivity index (χ4v) is 3.09. The largest absolute Gasteiger partial charge is 0.478 e. The topological polar surface area (TPSA) is 43.8 Å². The first kappa shape index (κ1) is 16.9. The highest BCUT2D eigenvalue weighted by molar-refractivity contribution is 7.10. The molecule has 0 spiro atoms. The number of thiophene rings is 1. The molecule has 1 N–H and O–H groups in total. The van der Waals surface area contributed by atoms with E-state index in [4.69, 9.17) is 5.11 Å². The van der Waals surface area contributed by atoms with Crippen LogP contribution in [0.25, 0.3) is 6.08 Å². The zero-order valence-electron chi connectivity index (χ0n) is 12.7. The lowest BCUT2D eigenvalue weighted by Gasteiger charge is -2.29. The van der Waals surface area contributed by atoms with E-state index in [2.05, 4.69) is 37.7 Å². The Morgan fingerprint density at radius 1 is 1.50 bits per heavy atom. The van der Waals surface area contributed by atoms with Gasteiger partial charge in [0.2, 0.25) is 0 Å². The number of hydrogen-bond donors (Lipinski definition) is 1. The molecule has 0 fully saturated rings. The maximum Gasteiger partial charge on any atom is 0.328 e. The van der Waals surface area contributed by atoms with E-state index < -0.39 is 5.97 Å². The SMILES string of the molecule is CCN(Cc1sccc1/C=C/C(=O)O)C(C)CN(C)C. The van der Waals surface area contributed by atoms with Gasteiger partial charge in [-0.3, -0.25) is 4.90 Å². The van der Waals surface area contributed by atoms with E-state index >= 15 is 0 Å². The molecule has 5 heteroatoms. The molecule has 0 saturated heterocycles. The minimum atomic E-state index is -0.907. The van der Waals surface area contributed by atoms with E-state index in [0.29, 0.717) is 6.04 Å². The van der Waals surface area contributed by atoms with Gasteiger partial charge in [0, 0.05) is 30.1 Å². The van der Waals surface area contributed by atoms with Gasteiger partial charge in [0.25, 0.3) is 0 Å². The third kappa shape index (κ3) is 5.45. The van der Waals surface area contributed by atoms with Crippen LogP contribution in [-0.4, -0.2) is 54.1 Å². The van der Waals surface area contributed by atoms with Gasteiger partial charge in [-0.25, -0.2) is 4.79 Å². The molecule has 1 unspecified atom stereocenters. The second-order valence-corrected chi connectivity index (χ2v) is 6.15. The number of nitrogens with zero attached hydrogens (tertiary/aromatic N) is 2. The molecule has 0 radical (unpaired) electrons. The van der Waals surface area contributed by atoms with Gasteiger partial charge < -0.3 is 10.0 Å². The molecule has 4 nitrogen and oxygen atoms in total. The van der Waals surface area contributed by atoms with Crippen molar-refractivity contribution in [2.75, 3.05) is 27.2 Å². The quantitative estimate of drug-likeness (QED) is 0.749. The van der Waals surface area contributed by atoms with Crippen LogP contribution >= 0.6 is 11.3 Å². The van der Waals surface area contributed by atoms with Crippen molar-refractivity contribution in [2.45, 2.75) is 26.4 Å². The van der Waals surface area contributed by atoms with Crippen LogP contribution in [0.1, 0.15) is 24.3 Å². The smallest absolute Gasteiger partial charge is 0.328 e. The first-order chi connectivity index (χ1) is 9.43. The third-order valence-corrected chi connectivity index (χ3v) is 4.11. The molecule has 1 rings (SSSR count). The lowest BCUT2D eigenvalue weighted by Crippen LogP contribution is -2.39. The number of likely N-dealkylation sites (N-methyl/N-ethyl adjacent to an activating group) is 2. The van der Waals surface area contributed by atoms with Crippen LogP contribution < -0.4 is 0 Å². The van der Waals surface area contributed by atoms with Crippen molar-refractivity contribution in [3.63, 3.8) is 0 Å². The minimum Gasteiger partial charge on any atom is -0.478 e. The van der Waals surface area contributed by atoms with Crippen molar-refractivity contribution >= 4 is 23.4 Å². The molecule has 1 heterocycles. The fourth-order valence-electron chi connectivity index (χ4n) is 2.20. The molecule has 112 valence electrons. The first-order valence-electron chi connectivity index (χ1n) is 6.80. The van der Waals surface area contributed by atoms with Crippen LogP contribution in [0.5, 0.6) is 0 Å². The van der Waals surface area contributed by atoms with Crippen LogP contribution in [0.3, 0.4) is 0 Å². The normalized spacial score (nSPS) is 13.5. The average molecular weight is 296 g/mol. The molecule has 0 aromatic carbocycles. The Kier molecular flexibility index (Phi) is 6.91. The molecule has 0 bridgehead atoms. The molecular weight excluding hydrogens is 272 g/mol. The minimum absolute atomic E-state index is 0.466. The Morgan fingerprint density at radius 3 is 2.75 bits per heavy atom. The Balaban J connectivity index is 2.75. The summed E-state index contributed by atoms with van der Waals surface area (Å²) < 4.78 is 0. The van der Waals surface area contributed by atoms with Crippen molar-refractivity contribution in [1.82, 2.24) is 9.80 Å². The number of hydrogen-bond acceptors (Lipinski definition) is 4. The van der Waals surface area contributed by atoms with E-state index in [0.717, 1.165) is 25.2 Å². The van der Waals surface area contributed by atoms with E-state index in [1.54, 1.807) is 17.4 Å². The summed E-state index contributed by atoms with van der Waals surface area (Å²) in [5.74, 6) is -0.907. The van der Waals surface area contributed by atoms with E-state index in [9.17, 15) is 4.79 Å². The number of carboxylic acid groups (broad SMARTS) is 1. The van der Waals surface area contributed by atoms with Gasteiger partial charge in [0.05, 0.1) is 0 Å². The van der Waals surface area contributed by atoms with Crippen LogP contribution in [-0.2, 0) is 11.3 Å². The van der Waals surface area contributed by atoms with E-state index in [-0.39, 0.29) is 0 Å². The Bertz CT molecular complexity index is 454. The molecule has 0 aliphatic heterocycles. The Morgan fingerprint density at radius 2 is 2.20 bits per heavy atom. The highest BCUT2D eigenvalue weighted by atomic mass is 32.1. The predicted octanol–water partition coefficient (Wildman–Crippen LogP) is 2.62. The van der Waals surface area contributed by atoms with Gasteiger partial charge >= 0.3 is 5.97 Å². The van der Waals surface area contributed by atoms with Crippen LogP contribution in [0.4, 0.5) is 0 Å². The van der Waals surface area contributed by atoms with Gasteiger partial charge in [-0.15, -0.1) is 11.3 Å². The second-order valence-electron chi connectivity index (χ2n) is 5.15. The van der Waals surface area contributed by atoms with Crippen LogP contribution in [0, 0.1) is 0 Å². The Hall–Kier alpha value is -1.17. The number of aliphatic carboxylic acids is 1. The average Bonchev–Trinajstić information content (AvgIpc) is 2.79. The van der Waals surface area contributed by atoms with Gasteiger partial charge in [-0.2, -0.15) is 0 Å². The van der Waals surface area contributed by atoms with Crippen molar-refractivity contribution in [3.05, 3.63) is 28.0 Å². The summed E-state index contributed by atoms with van der Waals surface area (Å²) >= 11 is 1.68. The van der Waals surface area contributed by atoms with Crippen molar-refractivity contribution in [3.8, 4) is 0 Å². The maximum atomic E-state index is 10.6. The summed E-state index contributed by atoms with van der Waals surface area (Å²) in [6, 6.07) is 2.44. The van der Waals surface area contributed by atoms with E-state index in [1.165, 1.54) is 11.0 Å². The van der Waals surface area contributed by atoms with Crippen LogP contribution in [0.2, 0.25) is 0 Å². The molecule has 1 atom stereocenters. The van der Waals surface area contributed by atoms with Gasteiger partial charge in [0.15, 0.2) is 0 Å². The monoisotopic (exact) mass is 296 g/mol. The van der Waals surface area contributed by atoms with E-state index in [1.807, 2.05) is 11.4 Å². The molecule has 0 amide bonds. The van der Waals surface area contributed by atoms with Crippen molar-refractivity contribution in [2.24, 2.45) is 0 Å². The zero-order chi connectivity index (χ0) is 15.1. The van der Waals surface area contributed by atoms with Gasteiger partial charge in [0.1, 0.15) is 0 Å². The van der Waals surface area contributed by atoms with Crippen molar-refractivity contribution in [1.29, 1.82) is 0 Å². The molecular formula is C15H24N2O2S. The molecule has 20 heavy (non-hydrogen) atoms. The summed E-state index contributed by atoms with van der Waals surface area (Å²) in [6.07, 6.45) is 2.88. The lowest BCUT2D eigenvalue weighted by atomic mass is 10.2. The Labute approximate surface area is 125 Å². The number of carboxylic acids is 1. The second kappa shape index (κ2) is 8.19. The predicted molar refractivity (Wildman–Crippen MR) is 85.1 cm³/mol. The first-order valence-corrected chi connectivity index (χ1v) is 7.68. The number of rotatable bonds is 8. The number of carbonyl (C=O) groups is 1. The molecule has 0 aliphatic carbocycles. The summed E-state index contributed by atoms with van der Waals surface area (Å²) in [6.45, 7) is 7.24. The van der Waals surface area contributed by atoms with Crippen LogP contribution in [0.15, 0.2) is 17.5 Å². The van der Waals surface area contributed by atoms with Gasteiger partial charge in [-0.1, -0.05) is 6.92 Å². The van der Waals surface area contributed by atoms with Crippen molar-refractivity contribution < 1.29 is 9.90 Å². The summed E-state index contributed by atoms with van der Waals surface area (Å²) in [5, 5.41) is 10.7. The maximum absolute atomic E-state index is 10.6. The third-order valence-electron chi connectivity index (χ3n) is 3.19.